The van der Waals surface area contributed by atoms with E-state index in [1.807, 2.05) is 6.26 Å². The Morgan fingerprint density at radius 3 is 2.00 bits per heavy atom. The van der Waals surface area contributed by atoms with Crippen molar-refractivity contribution >= 4 is 47.4 Å². The Kier molecular flexibility index (Phi) is 15.1. The van der Waals surface area contributed by atoms with Gasteiger partial charge in [-0.2, -0.15) is 11.8 Å². The van der Waals surface area contributed by atoms with Crippen LogP contribution in [0.5, 0.6) is 0 Å². The van der Waals surface area contributed by atoms with E-state index in [1.54, 1.807) is 13.8 Å². The van der Waals surface area contributed by atoms with E-state index in [0.29, 0.717) is 12.2 Å². The number of thioether (sulfide) groups is 1. The summed E-state index contributed by atoms with van der Waals surface area (Å²) in [5, 5.41) is 25.7. The summed E-state index contributed by atoms with van der Waals surface area (Å²) in [6, 6.07) is -4.88. The summed E-state index contributed by atoms with van der Waals surface area (Å²) in [4.78, 5) is 64.4. The lowest BCUT2D eigenvalue weighted by atomic mass is 10.0. The van der Waals surface area contributed by atoms with Crippen molar-refractivity contribution in [2.24, 2.45) is 28.1 Å². The summed E-state index contributed by atoms with van der Waals surface area (Å²) < 4.78 is 0. The number of nitrogens with one attached hydrogen (secondary N) is 3. The third kappa shape index (κ3) is 13.4. The second-order valence-corrected chi connectivity index (χ2v) is 9.11. The molecule has 0 aliphatic carbocycles. The van der Waals surface area contributed by atoms with E-state index in [9.17, 15) is 29.1 Å². The van der Waals surface area contributed by atoms with Gasteiger partial charge >= 0.3 is 11.9 Å². The molecule has 200 valence electrons. The molecule has 0 rings (SSSR count). The van der Waals surface area contributed by atoms with Crippen molar-refractivity contribution in [1.29, 1.82) is 0 Å². The summed E-state index contributed by atoms with van der Waals surface area (Å²) >= 11 is 1.47. The molecule has 4 atom stereocenters. The van der Waals surface area contributed by atoms with Crippen molar-refractivity contribution in [2.75, 3.05) is 18.6 Å². The number of amides is 3. The highest BCUT2D eigenvalue weighted by atomic mass is 32.2. The van der Waals surface area contributed by atoms with E-state index >= 15 is 0 Å². The molecule has 0 radical (unpaired) electrons. The molecule has 11 N–H and O–H groups in total. The van der Waals surface area contributed by atoms with Crippen molar-refractivity contribution in [2.45, 2.75) is 63.7 Å². The van der Waals surface area contributed by atoms with Crippen LogP contribution in [0.15, 0.2) is 4.99 Å². The van der Waals surface area contributed by atoms with Crippen LogP contribution in [0.4, 0.5) is 0 Å². The fraction of sp³-hybridized carbons (Fsp3) is 0.700. The number of aliphatic imine (C=N–C) groups is 1. The van der Waals surface area contributed by atoms with Crippen molar-refractivity contribution in [3.8, 4) is 0 Å². The highest BCUT2D eigenvalue weighted by Gasteiger charge is 2.32. The lowest BCUT2D eigenvalue weighted by Gasteiger charge is -2.26. The molecular formula is C20H37N7O7S. The highest BCUT2D eigenvalue weighted by Crippen LogP contribution is 2.07. The summed E-state index contributed by atoms with van der Waals surface area (Å²) in [6.45, 7) is 3.40. The standard InChI is InChI=1S/C20H37N7O7S/c1-10(2)15(18(32)25-12(19(33)34)5-4-7-24-20(22)23)27-17(31)13(9-14(28)29)26-16(30)11(21)6-8-35-3/h10-13,15H,4-9,21H2,1-3H3,(H,25,32)(H,26,30)(H,27,31)(H,28,29)(H,33,34)(H4,22,23,24). The van der Waals surface area contributed by atoms with E-state index in [2.05, 4.69) is 20.9 Å². The molecule has 3 amide bonds. The van der Waals surface area contributed by atoms with E-state index in [4.69, 9.17) is 22.3 Å². The predicted octanol–water partition coefficient (Wildman–Crippen LogP) is -2.21. The minimum atomic E-state index is -1.48. The molecule has 0 saturated heterocycles. The van der Waals surface area contributed by atoms with Gasteiger partial charge in [-0.3, -0.25) is 24.2 Å². The third-order valence-electron chi connectivity index (χ3n) is 4.79. The number of guanidine groups is 1. The first-order valence-electron chi connectivity index (χ1n) is 11.0. The van der Waals surface area contributed by atoms with E-state index in [0.717, 1.165) is 0 Å². The zero-order chi connectivity index (χ0) is 27.1. The molecule has 0 bridgehead atoms. The maximum atomic E-state index is 12.8. The number of hydrogen-bond donors (Lipinski definition) is 8. The van der Waals surface area contributed by atoms with E-state index in [-0.39, 0.29) is 25.3 Å². The van der Waals surface area contributed by atoms with Crippen molar-refractivity contribution in [3.63, 3.8) is 0 Å². The van der Waals surface area contributed by atoms with Gasteiger partial charge in [-0.25, -0.2) is 4.79 Å². The summed E-state index contributed by atoms with van der Waals surface area (Å²) in [5.41, 5.74) is 16.2. The largest absolute Gasteiger partial charge is 0.481 e. The molecule has 15 heteroatoms. The number of carboxylic acid groups (broad SMARTS) is 2. The van der Waals surface area contributed by atoms with Gasteiger partial charge in [0, 0.05) is 6.54 Å². The Morgan fingerprint density at radius 2 is 1.51 bits per heavy atom. The Balaban J connectivity index is 5.35. The van der Waals surface area contributed by atoms with Crippen molar-refractivity contribution in [3.05, 3.63) is 0 Å². The van der Waals surface area contributed by atoms with Gasteiger partial charge in [-0.15, -0.1) is 0 Å². The van der Waals surface area contributed by atoms with Crippen molar-refractivity contribution in [1.82, 2.24) is 16.0 Å². The minimum Gasteiger partial charge on any atom is -0.481 e. The Morgan fingerprint density at radius 1 is 0.914 bits per heavy atom. The van der Waals surface area contributed by atoms with Gasteiger partial charge in [-0.05, 0) is 37.2 Å². The lowest BCUT2D eigenvalue weighted by molar-refractivity contribution is -0.143. The van der Waals surface area contributed by atoms with Crippen LogP contribution in [0.3, 0.4) is 0 Å². The quantitative estimate of drug-likeness (QED) is 0.0580. The number of nitrogens with two attached hydrogens (primary N) is 3. The Hall–Kier alpha value is -3.07. The fourth-order valence-corrected chi connectivity index (χ4v) is 3.34. The normalized spacial score (nSPS) is 14.2. The molecule has 0 aromatic carbocycles. The van der Waals surface area contributed by atoms with Crippen LogP contribution < -0.4 is 33.2 Å². The number of carboxylic acids is 2. The number of carbonyl (C=O) groups excluding carboxylic acids is 3. The van der Waals surface area contributed by atoms with Gasteiger partial charge in [0.25, 0.3) is 0 Å². The molecule has 0 saturated carbocycles. The lowest BCUT2D eigenvalue weighted by Crippen LogP contribution is -2.58. The molecule has 0 aromatic rings. The van der Waals surface area contributed by atoms with Gasteiger partial charge in [0.05, 0.1) is 12.5 Å². The van der Waals surface area contributed by atoms with Crippen LogP contribution in [-0.4, -0.2) is 88.6 Å². The molecule has 4 unspecified atom stereocenters. The summed E-state index contributed by atoms with van der Waals surface area (Å²) in [5.74, 6) is -5.05. The number of rotatable bonds is 17. The van der Waals surface area contributed by atoms with E-state index in [1.165, 1.54) is 11.8 Å². The zero-order valence-electron chi connectivity index (χ0n) is 20.2. The molecule has 35 heavy (non-hydrogen) atoms. The Labute approximate surface area is 208 Å². The molecule has 0 heterocycles. The molecule has 0 aromatic heterocycles. The maximum absolute atomic E-state index is 12.8. The number of aliphatic carboxylic acids is 2. The second-order valence-electron chi connectivity index (χ2n) is 8.13. The van der Waals surface area contributed by atoms with Crippen LogP contribution in [0, 0.1) is 5.92 Å². The topological polar surface area (TPSA) is 252 Å². The van der Waals surface area contributed by atoms with Gasteiger partial charge in [-0.1, -0.05) is 13.8 Å². The Bertz CT molecular complexity index is 775. The maximum Gasteiger partial charge on any atom is 0.326 e. The number of carbonyl (C=O) groups is 5. The average Bonchev–Trinajstić information content (AvgIpc) is 2.75. The number of nitrogens with zero attached hydrogens (tertiary/aromatic N) is 1. The second kappa shape index (κ2) is 16.5. The minimum absolute atomic E-state index is 0.0300. The van der Waals surface area contributed by atoms with Crippen LogP contribution in [-0.2, 0) is 24.0 Å². The van der Waals surface area contributed by atoms with Gasteiger partial charge in [0.15, 0.2) is 5.96 Å². The number of hydrogen-bond acceptors (Lipinski definition) is 8. The molecule has 0 fully saturated rings. The molecular weight excluding hydrogens is 482 g/mol. The molecule has 14 nitrogen and oxygen atoms in total. The van der Waals surface area contributed by atoms with Gasteiger partial charge in [0.2, 0.25) is 17.7 Å². The smallest absolute Gasteiger partial charge is 0.326 e. The predicted molar refractivity (Wildman–Crippen MR) is 131 cm³/mol. The first kappa shape index (κ1) is 31.9. The van der Waals surface area contributed by atoms with Crippen LogP contribution >= 0.6 is 11.8 Å². The van der Waals surface area contributed by atoms with Crippen molar-refractivity contribution < 1.29 is 34.2 Å². The fourth-order valence-electron chi connectivity index (χ4n) is 2.85. The summed E-state index contributed by atoms with van der Waals surface area (Å²) in [7, 11) is 0. The first-order chi connectivity index (χ1) is 16.3. The van der Waals surface area contributed by atoms with Crippen LogP contribution in [0.25, 0.3) is 0 Å². The zero-order valence-corrected chi connectivity index (χ0v) is 21.0. The van der Waals surface area contributed by atoms with Crippen LogP contribution in [0.1, 0.15) is 39.5 Å². The van der Waals surface area contributed by atoms with Crippen LogP contribution in [0.2, 0.25) is 0 Å². The monoisotopic (exact) mass is 519 g/mol. The third-order valence-corrected chi connectivity index (χ3v) is 5.43. The highest BCUT2D eigenvalue weighted by molar-refractivity contribution is 7.98. The molecule has 0 spiro atoms. The summed E-state index contributed by atoms with van der Waals surface area (Å²) in [6.07, 6.45) is 1.73. The SMILES string of the molecule is CSCCC(N)C(=O)NC(CC(=O)O)C(=O)NC(C(=O)NC(CCCN=C(N)N)C(=O)O)C(C)C. The first-order valence-corrected chi connectivity index (χ1v) is 12.3. The van der Waals surface area contributed by atoms with Gasteiger partial charge in [0.1, 0.15) is 18.1 Å². The average molecular weight is 520 g/mol. The molecule has 0 aliphatic rings. The van der Waals surface area contributed by atoms with Gasteiger partial charge < -0.3 is 43.4 Å². The molecule has 0 aliphatic heterocycles. The van der Waals surface area contributed by atoms with E-state index < -0.39 is 66.2 Å².